The minimum Gasteiger partial charge on any atom is -0.507 e. The number of benzene rings is 4. The molecule has 0 unspecified atom stereocenters. The first kappa shape index (κ1) is 34.5. The van der Waals surface area contributed by atoms with E-state index in [1.807, 2.05) is 98.8 Å². The van der Waals surface area contributed by atoms with E-state index in [0.717, 1.165) is 57.6 Å². The van der Waals surface area contributed by atoms with Crippen LogP contribution in [0, 0.1) is 31.6 Å². The Bertz CT molecular complexity index is 1950. The van der Waals surface area contributed by atoms with Crippen molar-refractivity contribution in [1.29, 1.82) is 0 Å². The normalized spacial score (nSPS) is 21.9. The summed E-state index contributed by atoms with van der Waals surface area (Å²) in [7, 11) is -1.03. The van der Waals surface area contributed by atoms with Crippen LogP contribution in [0.2, 0.25) is 6.32 Å². The summed E-state index contributed by atoms with van der Waals surface area (Å²) in [6.07, 6.45) is 5.63. The van der Waals surface area contributed by atoms with Gasteiger partial charge in [-0.3, -0.25) is 14.5 Å². The number of phenols is 1. The number of fused-ring (bicyclic) bond motifs is 3. The van der Waals surface area contributed by atoms with Crippen LogP contribution in [0.3, 0.4) is 0 Å². The van der Waals surface area contributed by atoms with Crippen LogP contribution in [0.15, 0.2) is 108 Å². The van der Waals surface area contributed by atoms with E-state index < -0.39 is 19.0 Å². The number of carbonyl (C=O) groups is 2. The first-order chi connectivity index (χ1) is 24.7. The van der Waals surface area contributed by atoms with Crippen LogP contribution in [-0.2, 0) is 14.2 Å². The highest BCUT2D eigenvalue weighted by atomic mass is 16.5. The van der Waals surface area contributed by atoms with E-state index >= 15 is 0 Å². The average Bonchev–Trinajstić information content (AvgIpc) is 3.38. The van der Waals surface area contributed by atoms with Gasteiger partial charge in [-0.25, -0.2) is 0 Å². The first-order valence-electron chi connectivity index (χ1n) is 18.1. The summed E-state index contributed by atoms with van der Waals surface area (Å²) in [6.45, 7) is 5.95. The molecule has 3 aliphatic rings. The van der Waals surface area contributed by atoms with Crippen molar-refractivity contribution in [3.05, 3.63) is 130 Å². The number of rotatable bonds is 10. The third kappa shape index (κ3) is 7.03. The molecule has 0 spiro atoms. The van der Waals surface area contributed by atoms with E-state index in [-0.39, 0.29) is 23.8 Å². The van der Waals surface area contributed by atoms with E-state index in [1.165, 1.54) is 10.5 Å². The van der Waals surface area contributed by atoms with Gasteiger partial charge in [-0.05, 0) is 134 Å². The molecule has 2 fully saturated rings. The second-order valence-electron chi connectivity index (χ2n) is 14.2. The molecule has 7 rings (SSSR count). The number of aryl methyl sites for hydroxylation is 2. The van der Waals surface area contributed by atoms with Crippen molar-refractivity contribution < 1.29 is 24.4 Å². The van der Waals surface area contributed by atoms with Gasteiger partial charge in [-0.15, -0.1) is 0 Å². The summed E-state index contributed by atoms with van der Waals surface area (Å²) < 4.78 is 6.33. The van der Waals surface area contributed by atoms with Crippen molar-refractivity contribution in [3.63, 3.8) is 0 Å². The lowest BCUT2D eigenvalue weighted by molar-refractivity contribution is -0.122. The highest BCUT2D eigenvalue weighted by Gasteiger charge is 2.57. The fraction of sp³-hybridized carbons (Fsp3) is 0.302. The Morgan fingerprint density at radius 2 is 1.55 bits per heavy atom. The molecule has 0 radical (unpaired) electrons. The van der Waals surface area contributed by atoms with Crippen LogP contribution in [0.1, 0.15) is 61.3 Å². The fourth-order valence-corrected chi connectivity index (χ4v) is 8.45. The highest BCUT2D eigenvalue weighted by Crippen LogP contribution is 2.52. The molecule has 3 N–H and O–H groups in total. The van der Waals surface area contributed by atoms with Crippen LogP contribution in [0.5, 0.6) is 5.75 Å². The van der Waals surface area contributed by atoms with Gasteiger partial charge in [0.1, 0.15) is 5.75 Å². The van der Waals surface area contributed by atoms with E-state index in [1.54, 1.807) is 0 Å². The van der Waals surface area contributed by atoms with Crippen molar-refractivity contribution in [2.24, 2.45) is 17.8 Å². The van der Waals surface area contributed by atoms with Crippen molar-refractivity contribution in [3.8, 4) is 5.75 Å². The Morgan fingerprint density at radius 3 is 2.22 bits per heavy atom. The summed E-state index contributed by atoms with van der Waals surface area (Å²) in [5.74, 6) is -1.31. The summed E-state index contributed by atoms with van der Waals surface area (Å²) in [5, 5.41) is 24.9. The Kier molecular flexibility index (Phi) is 9.98. The number of amides is 2. The number of allylic oxidation sites excluding steroid dienone is 2. The van der Waals surface area contributed by atoms with Gasteiger partial charge in [-0.2, -0.15) is 0 Å². The zero-order valence-electron chi connectivity index (χ0n) is 29.5. The molecule has 2 heterocycles. The third-order valence-corrected chi connectivity index (χ3v) is 10.7. The molecule has 7 nitrogen and oxygen atoms in total. The van der Waals surface area contributed by atoms with Crippen molar-refractivity contribution >= 4 is 47.6 Å². The quantitative estimate of drug-likeness (QED) is 0.0670. The number of carbonyl (C=O) groups excluding carboxylic acids is 2. The van der Waals surface area contributed by atoms with Gasteiger partial charge in [-0.1, -0.05) is 73.5 Å². The van der Waals surface area contributed by atoms with E-state index in [9.17, 15) is 19.7 Å². The Morgan fingerprint density at radius 1 is 0.902 bits per heavy atom. The Hall–Kier alpha value is -4.92. The molecule has 2 saturated heterocycles. The molecule has 1 aliphatic carbocycles. The topological polar surface area (TPSA) is 99.1 Å². The van der Waals surface area contributed by atoms with Gasteiger partial charge < -0.3 is 20.1 Å². The predicted molar refractivity (Wildman–Crippen MR) is 204 cm³/mol. The van der Waals surface area contributed by atoms with E-state index in [0.29, 0.717) is 37.0 Å². The number of aromatic hydroxyl groups is 1. The molecule has 8 heteroatoms. The summed E-state index contributed by atoms with van der Waals surface area (Å²) >= 11 is 0. The number of nitrogens with zero attached hydrogens (tertiary/aromatic N) is 1. The smallest absolute Gasteiger partial charge is 0.455 e. The number of phenolic OH excluding ortho intramolecular Hbond substituents is 1. The zero-order chi connectivity index (χ0) is 35.6. The third-order valence-electron chi connectivity index (χ3n) is 10.7. The van der Waals surface area contributed by atoms with Gasteiger partial charge in [0.15, 0.2) is 0 Å². The lowest BCUT2D eigenvalue weighted by atomic mass is 9.58. The molecule has 2 aliphatic heterocycles. The van der Waals surface area contributed by atoms with E-state index in [4.69, 9.17) is 4.65 Å². The monoisotopic (exact) mass is 680 g/mol. The minimum absolute atomic E-state index is 0.160. The molecular formula is C43H45BN2O5. The number of hydrogen-bond acceptors (Lipinski definition) is 6. The SMILES string of the molecule is CCCC1=C2[C@@H](CC/C(=C/c3cc(C)c(O)c(C)c3)c3ccccc3)OB(O)C[C@@H]2[C@@H]2C(=O)N(c3ccc(Nc4ccccc4)cc3)C(=O)[C@@H]2C1. The molecule has 2 amide bonds. The van der Waals surface area contributed by atoms with Gasteiger partial charge in [0.2, 0.25) is 11.8 Å². The number of para-hydroxylation sites is 1. The maximum Gasteiger partial charge on any atom is 0.455 e. The first-order valence-corrected chi connectivity index (χ1v) is 18.1. The van der Waals surface area contributed by atoms with Crippen LogP contribution < -0.4 is 10.2 Å². The molecule has 4 aromatic carbocycles. The molecule has 0 saturated carbocycles. The standard InChI is InChI=1S/C43H45BN2O5/c1-4-11-32-25-36-40(43(49)46(42(36)48)35-19-17-34(18-20-35)45-33-14-9-6-10-15-33)37-26-44(50)51-38(39(32)37)21-16-31(30-12-7-5-8-13-30)24-29-22-27(2)41(47)28(3)23-29/h5-10,12-15,17-20,22-24,36-38,40,45,47,50H,4,11,16,21,25-26H2,1-3H3/b31-24-/t36-,37+,38-,40-/m1/s1. The summed E-state index contributed by atoms with van der Waals surface area (Å²) in [5.41, 5.74) is 9.57. The maximum atomic E-state index is 14.3. The molecule has 51 heavy (non-hydrogen) atoms. The molecule has 4 aromatic rings. The van der Waals surface area contributed by atoms with Crippen molar-refractivity contribution in [2.45, 2.75) is 65.3 Å². The Balaban J connectivity index is 1.16. The zero-order valence-corrected chi connectivity index (χ0v) is 29.5. The molecular weight excluding hydrogens is 635 g/mol. The Labute approximate surface area is 300 Å². The maximum absolute atomic E-state index is 14.3. The van der Waals surface area contributed by atoms with Crippen LogP contribution in [-0.4, -0.2) is 35.2 Å². The van der Waals surface area contributed by atoms with Crippen molar-refractivity contribution in [2.75, 3.05) is 10.2 Å². The van der Waals surface area contributed by atoms with Crippen LogP contribution in [0.4, 0.5) is 17.1 Å². The average molecular weight is 681 g/mol. The molecule has 0 aromatic heterocycles. The van der Waals surface area contributed by atoms with Crippen LogP contribution >= 0.6 is 0 Å². The second-order valence-corrected chi connectivity index (χ2v) is 14.2. The second kappa shape index (κ2) is 14.7. The number of hydrogen-bond donors (Lipinski definition) is 3. The largest absolute Gasteiger partial charge is 0.507 e. The van der Waals surface area contributed by atoms with Gasteiger partial charge in [0.25, 0.3) is 0 Å². The molecule has 4 atom stereocenters. The highest BCUT2D eigenvalue weighted by molar-refractivity contribution is 6.43. The molecule has 260 valence electrons. The number of imide groups is 1. The van der Waals surface area contributed by atoms with Gasteiger partial charge >= 0.3 is 7.12 Å². The molecule has 0 bridgehead atoms. The lowest BCUT2D eigenvalue weighted by Crippen LogP contribution is -2.46. The minimum atomic E-state index is -1.03. The number of nitrogens with one attached hydrogen (secondary N) is 1. The van der Waals surface area contributed by atoms with Crippen molar-refractivity contribution in [1.82, 2.24) is 0 Å². The van der Waals surface area contributed by atoms with E-state index in [2.05, 4.69) is 30.4 Å². The lowest BCUT2D eigenvalue weighted by Gasteiger charge is -2.43. The summed E-state index contributed by atoms with van der Waals surface area (Å²) in [4.78, 5) is 29.8. The fourth-order valence-electron chi connectivity index (χ4n) is 8.45. The predicted octanol–water partition coefficient (Wildman–Crippen LogP) is 8.88. The van der Waals surface area contributed by atoms with Gasteiger partial charge in [0.05, 0.1) is 23.6 Å². The van der Waals surface area contributed by atoms with Crippen LogP contribution in [0.25, 0.3) is 11.6 Å². The number of anilines is 3. The summed E-state index contributed by atoms with van der Waals surface area (Å²) in [6, 6.07) is 31.5. The van der Waals surface area contributed by atoms with Gasteiger partial charge in [0, 0.05) is 11.4 Å².